The fraction of sp³-hybridized carbons (Fsp3) is 0.533. The van der Waals surface area contributed by atoms with E-state index in [1.165, 1.54) is 12.1 Å². The van der Waals surface area contributed by atoms with E-state index in [-0.39, 0.29) is 22.7 Å². The van der Waals surface area contributed by atoms with Gasteiger partial charge in [0.2, 0.25) is 0 Å². The third-order valence-electron chi connectivity index (χ3n) is 3.39. The van der Waals surface area contributed by atoms with Crippen molar-refractivity contribution in [3.05, 3.63) is 33.3 Å². The van der Waals surface area contributed by atoms with Crippen LogP contribution in [0.3, 0.4) is 0 Å². The van der Waals surface area contributed by atoms with Crippen LogP contribution in [0.4, 0.5) is 11.4 Å². The summed E-state index contributed by atoms with van der Waals surface area (Å²) in [6, 6.07) is 4.13. The van der Waals surface area contributed by atoms with Crippen LogP contribution in [0.15, 0.2) is 18.2 Å². The van der Waals surface area contributed by atoms with Crippen molar-refractivity contribution in [1.82, 2.24) is 0 Å². The van der Waals surface area contributed by atoms with Crippen molar-refractivity contribution < 1.29 is 14.5 Å². The average molecular weight is 327 g/mol. The number of rotatable bonds is 3. The molecule has 6 nitrogen and oxygen atoms in total. The molecule has 0 aromatic heterocycles. The maximum Gasteiger partial charge on any atom is 0.329 e. The largest absolute Gasteiger partial charge is 0.458 e. The van der Waals surface area contributed by atoms with E-state index in [0.717, 1.165) is 6.42 Å². The molecule has 0 radical (unpaired) electrons. The van der Waals surface area contributed by atoms with Gasteiger partial charge in [-0.1, -0.05) is 11.6 Å². The zero-order chi connectivity index (χ0) is 16.5. The standard InChI is InChI=1S/C15H19ClN2O4/c1-15(2,3)22-14(19)13-5-4-8-17(13)10-6-7-12(18(20)21)11(16)9-10/h6-7,9,13H,4-5,8H2,1-3H3. The molecule has 0 aliphatic carbocycles. The van der Waals surface area contributed by atoms with Gasteiger partial charge >= 0.3 is 5.97 Å². The molecule has 1 atom stereocenters. The summed E-state index contributed by atoms with van der Waals surface area (Å²) < 4.78 is 5.44. The van der Waals surface area contributed by atoms with E-state index in [1.54, 1.807) is 6.07 Å². The van der Waals surface area contributed by atoms with Crippen LogP contribution in [0.25, 0.3) is 0 Å². The quantitative estimate of drug-likeness (QED) is 0.482. The van der Waals surface area contributed by atoms with Crippen molar-refractivity contribution >= 4 is 28.9 Å². The molecular formula is C15H19ClN2O4. The fourth-order valence-electron chi connectivity index (χ4n) is 2.51. The van der Waals surface area contributed by atoms with E-state index in [0.29, 0.717) is 18.7 Å². The summed E-state index contributed by atoms with van der Waals surface area (Å²) in [6.07, 6.45) is 1.56. The molecule has 7 heteroatoms. The number of nitro benzene ring substituents is 1. The maximum absolute atomic E-state index is 12.3. The van der Waals surface area contributed by atoms with Gasteiger partial charge in [-0.2, -0.15) is 0 Å². The van der Waals surface area contributed by atoms with Crippen molar-refractivity contribution in [2.45, 2.75) is 45.3 Å². The second-order valence-corrected chi connectivity index (χ2v) is 6.68. The first-order chi connectivity index (χ1) is 10.2. The van der Waals surface area contributed by atoms with Crippen molar-refractivity contribution in [1.29, 1.82) is 0 Å². The van der Waals surface area contributed by atoms with Crippen LogP contribution in [0.1, 0.15) is 33.6 Å². The van der Waals surface area contributed by atoms with Crippen LogP contribution in [-0.4, -0.2) is 29.1 Å². The van der Waals surface area contributed by atoms with Crippen LogP contribution in [0.5, 0.6) is 0 Å². The van der Waals surface area contributed by atoms with E-state index in [1.807, 2.05) is 25.7 Å². The van der Waals surface area contributed by atoms with Crippen LogP contribution in [-0.2, 0) is 9.53 Å². The molecule has 0 amide bonds. The van der Waals surface area contributed by atoms with Gasteiger partial charge in [-0.05, 0) is 45.7 Å². The smallest absolute Gasteiger partial charge is 0.329 e. The van der Waals surface area contributed by atoms with E-state index < -0.39 is 10.5 Å². The zero-order valence-corrected chi connectivity index (χ0v) is 13.6. The third-order valence-corrected chi connectivity index (χ3v) is 3.69. The highest BCUT2D eigenvalue weighted by Gasteiger charge is 2.34. The Morgan fingerprint density at radius 1 is 1.45 bits per heavy atom. The van der Waals surface area contributed by atoms with Gasteiger partial charge in [0.1, 0.15) is 16.7 Å². The second kappa shape index (κ2) is 6.12. The van der Waals surface area contributed by atoms with E-state index >= 15 is 0 Å². The summed E-state index contributed by atoms with van der Waals surface area (Å²) in [5.41, 5.74) is 0.0146. The highest BCUT2D eigenvalue weighted by molar-refractivity contribution is 6.32. The van der Waals surface area contributed by atoms with Crippen LogP contribution in [0, 0.1) is 10.1 Å². The number of nitrogens with zero attached hydrogens (tertiary/aromatic N) is 2. The number of carbonyl (C=O) groups is 1. The van der Waals surface area contributed by atoms with Gasteiger partial charge in [0, 0.05) is 18.3 Å². The molecule has 1 saturated heterocycles. The lowest BCUT2D eigenvalue weighted by atomic mass is 10.1. The average Bonchev–Trinajstić information content (AvgIpc) is 2.85. The molecule has 0 saturated carbocycles. The summed E-state index contributed by atoms with van der Waals surface area (Å²) in [5, 5.41) is 10.9. The first-order valence-corrected chi connectivity index (χ1v) is 7.50. The van der Waals surface area contributed by atoms with E-state index in [2.05, 4.69) is 0 Å². The number of anilines is 1. The molecule has 1 heterocycles. The first-order valence-electron chi connectivity index (χ1n) is 7.12. The molecule has 120 valence electrons. The number of ether oxygens (including phenoxy) is 1. The predicted octanol–water partition coefficient (Wildman–Crippen LogP) is 3.56. The van der Waals surface area contributed by atoms with Gasteiger partial charge in [-0.25, -0.2) is 4.79 Å². The molecule has 0 spiro atoms. The number of nitro groups is 1. The summed E-state index contributed by atoms with van der Waals surface area (Å²) in [7, 11) is 0. The lowest BCUT2D eigenvalue weighted by Gasteiger charge is -2.28. The summed E-state index contributed by atoms with van der Waals surface area (Å²) in [6.45, 7) is 6.17. The van der Waals surface area contributed by atoms with Gasteiger partial charge in [0.25, 0.3) is 5.69 Å². The number of esters is 1. The highest BCUT2D eigenvalue weighted by atomic mass is 35.5. The Bertz CT molecular complexity index is 598. The molecule has 2 rings (SSSR count). The van der Waals surface area contributed by atoms with Crippen LogP contribution in [0.2, 0.25) is 5.02 Å². The molecule has 1 aliphatic heterocycles. The Kier molecular flexibility index (Phi) is 4.60. The van der Waals surface area contributed by atoms with Gasteiger partial charge in [0.05, 0.1) is 4.92 Å². The Labute approximate surface area is 134 Å². The van der Waals surface area contributed by atoms with Crippen molar-refractivity contribution in [2.24, 2.45) is 0 Å². The molecule has 1 aromatic rings. The minimum absolute atomic E-state index is 0.0670. The summed E-state index contributed by atoms with van der Waals surface area (Å²) in [5.74, 6) is -0.278. The number of hydrogen-bond acceptors (Lipinski definition) is 5. The predicted molar refractivity (Wildman–Crippen MR) is 84.3 cm³/mol. The normalized spacial score (nSPS) is 18.4. The molecule has 0 bridgehead atoms. The second-order valence-electron chi connectivity index (χ2n) is 6.28. The lowest BCUT2D eigenvalue weighted by Crippen LogP contribution is -2.40. The maximum atomic E-state index is 12.3. The Hall–Kier alpha value is -1.82. The molecule has 1 aliphatic rings. The minimum atomic E-state index is -0.543. The number of halogens is 1. The highest BCUT2D eigenvalue weighted by Crippen LogP contribution is 2.33. The molecular weight excluding hydrogens is 308 g/mol. The molecule has 1 unspecified atom stereocenters. The van der Waals surface area contributed by atoms with E-state index in [9.17, 15) is 14.9 Å². The Morgan fingerprint density at radius 3 is 2.68 bits per heavy atom. The molecule has 22 heavy (non-hydrogen) atoms. The molecule has 1 aromatic carbocycles. The first kappa shape index (κ1) is 16.5. The fourth-order valence-corrected chi connectivity index (χ4v) is 2.76. The number of benzene rings is 1. The van der Waals surface area contributed by atoms with E-state index in [4.69, 9.17) is 16.3 Å². The SMILES string of the molecule is CC(C)(C)OC(=O)C1CCCN1c1ccc([N+](=O)[O-])c(Cl)c1. The van der Waals surface area contributed by atoms with Crippen molar-refractivity contribution in [3.63, 3.8) is 0 Å². The molecule has 1 fully saturated rings. The van der Waals surface area contributed by atoms with Gasteiger partial charge in [0.15, 0.2) is 0 Å². The van der Waals surface area contributed by atoms with Crippen LogP contribution >= 0.6 is 11.6 Å². The van der Waals surface area contributed by atoms with Gasteiger partial charge < -0.3 is 9.64 Å². The minimum Gasteiger partial charge on any atom is -0.458 e. The monoisotopic (exact) mass is 326 g/mol. The Morgan fingerprint density at radius 2 is 2.14 bits per heavy atom. The lowest BCUT2D eigenvalue weighted by molar-refractivity contribution is -0.384. The number of hydrogen-bond donors (Lipinski definition) is 0. The van der Waals surface area contributed by atoms with Crippen LogP contribution < -0.4 is 4.90 Å². The van der Waals surface area contributed by atoms with Crippen molar-refractivity contribution in [3.8, 4) is 0 Å². The molecule has 0 N–H and O–H groups in total. The number of carbonyl (C=O) groups excluding carboxylic acids is 1. The third kappa shape index (κ3) is 3.68. The topological polar surface area (TPSA) is 72.7 Å². The Balaban J connectivity index is 2.22. The summed E-state index contributed by atoms with van der Waals surface area (Å²) in [4.78, 5) is 24.5. The van der Waals surface area contributed by atoms with Crippen molar-refractivity contribution in [2.75, 3.05) is 11.4 Å². The van der Waals surface area contributed by atoms with Gasteiger partial charge in [-0.3, -0.25) is 10.1 Å². The summed E-state index contributed by atoms with van der Waals surface area (Å²) >= 11 is 5.95. The zero-order valence-electron chi connectivity index (χ0n) is 12.8. The van der Waals surface area contributed by atoms with Gasteiger partial charge in [-0.15, -0.1) is 0 Å².